The molecule has 226 valence electrons. The summed E-state index contributed by atoms with van der Waals surface area (Å²) in [7, 11) is 0. The average molecular weight is 655 g/mol. The molecule has 0 atom stereocenters. The Bertz CT molecular complexity index is 1650. The van der Waals surface area contributed by atoms with Crippen molar-refractivity contribution in [3.63, 3.8) is 0 Å². The number of halogens is 1. The summed E-state index contributed by atoms with van der Waals surface area (Å²) in [5.41, 5.74) is 5.53. The fourth-order valence-electron chi connectivity index (χ4n) is 6.57. The Morgan fingerprint density at radius 1 is 0.432 bits per heavy atom. The van der Waals surface area contributed by atoms with Crippen molar-refractivity contribution in [1.29, 1.82) is 0 Å². The first kappa shape index (κ1) is 30.0. The van der Waals surface area contributed by atoms with Gasteiger partial charge in [0.15, 0.2) is 0 Å². The third kappa shape index (κ3) is 5.52. The van der Waals surface area contributed by atoms with Gasteiger partial charge < -0.3 is 14.7 Å². The summed E-state index contributed by atoms with van der Waals surface area (Å²) in [5, 5.41) is 0.990. The highest BCUT2D eigenvalue weighted by atomic mass is 79.9. The molecule has 8 heteroatoms. The lowest BCUT2D eigenvalue weighted by Crippen LogP contribution is -2.31. The summed E-state index contributed by atoms with van der Waals surface area (Å²) >= 11 is 3.49. The van der Waals surface area contributed by atoms with Gasteiger partial charge in [0.2, 0.25) is 0 Å². The van der Waals surface area contributed by atoms with E-state index in [2.05, 4.69) is 15.9 Å². The molecule has 0 unspecified atom stereocenters. The molecule has 0 saturated carbocycles. The molecular formula is C36H36BrN3O4. The van der Waals surface area contributed by atoms with Crippen molar-refractivity contribution < 1.29 is 19.2 Å². The van der Waals surface area contributed by atoms with Crippen molar-refractivity contribution in [1.82, 2.24) is 0 Å². The summed E-state index contributed by atoms with van der Waals surface area (Å²) in [4.78, 5) is 57.9. The third-order valence-corrected chi connectivity index (χ3v) is 9.31. The van der Waals surface area contributed by atoms with Gasteiger partial charge in [-0.25, -0.2) is 0 Å². The number of carbonyl (C=O) groups excluding carboxylic acids is 4. The van der Waals surface area contributed by atoms with Gasteiger partial charge >= 0.3 is 0 Å². The Morgan fingerprint density at radius 2 is 0.795 bits per heavy atom. The molecule has 0 saturated heterocycles. The van der Waals surface area contributed by atoms with Crippen molar-refractivity contribution >= 4 is 67.6 Å². The fraction of sp³-hybridized carbons (Fsp3) is 0.333. The van der Waals surface area contributed by atoms with E-state index in [1.807, 2.05) is 70.5 Å². The maximum absolute atomic E-state index is 14.0. The first-order valence-electron chi connectivity index (χ1n) is 15.6. The van der Waals surface area contributed by atoms with Crippen LogP contribution in [0, 0.1) is 0 Å². The topological polar surface area (TPSA) is 78.0 Å². The summed E-state index contributed by atoms with van der Waals surface area (Å²) in [5.74, 6) is -1.11. The van der Waals surface area contributed by atoms with Gasteiger partial charge in [0, 0.05) is 36.1 Å². The minimum Gasteiger partial charge on any atom is -0.308 e. The van der Waals surface area contributed by atoms with Gasteiger partial charge in [-0.3, -0.25) is 19.2 Å². The van der Waals surface area contributed by atoms with Crippen LogP contribution in [-0.2, 0) is 14.4 Å². The Morgan fingerprint density at radius 3 is 1.25 bits per heavy atom. The van der Waals surface area contributed by atoms with Crippen molar-refractivity contribution in [3.05, 3.63) is 89.5 Å². The van der Waals surface area contributed by atoms with Gasteiger partial charge in [-0.05, 0) is 49.9 Å². The SMILES string of the molecule is O=C1C(=O)N(CCCCCCN2C(=O)/C(=C3\C(=O)N(CCCCCCBr)c4ccccc43)c3ccccc32)c2ccccc21. The number of ketones is 1. The first-order chi connectivity index (χ1) is 21.5. The molecule has 0 aromatic heterocycles. The Labute approximate surface area is 266 Å². The third-order valence-electron chi connectivity index (χ3n) is 8.75. The van der Waals surface area contributed by atoms with Crippen LogP contribution in [0.4, 0.5) is 17.1 Å². The highest BCUT2D eigenvalue weighted by Gasteiger charge is 2.41. The van der Waals surface area contributed by atoms with Crippen molar-refractivity contribution in [2.24, 2.45) is 0 Å². The fourth-order valence-corrected chi connectivity index (χ4v) is 6.97. The van der Waals surface area contributed by atoms with Crippen LogP contribution in [0.25, 0.3) is 11.1 Å². The van der Waals surface area contributed by atoms with Crippen LogP contribution in [0.5, 0.6) is 0 Å². The second kappa shape index (κ2) is 13.3. The Kier molecular flexibility index (Phi) is 9.07. The number of carbonyl (C=O) groups is 4. The maximum atomic E-state index is 14.0. The van der Waals surface area contributed by atoms with Crippen molar-refractivity contribution in [2.75, 3.05) is 39.7 Å². The van der Waals surface area contributed by atoms with E-state index in [1.54, 1.807) is 17.0 Å². The van der Waals surface area contributed by atoms with E-state index in [-0.39, 0.29) is 11.8 Å². The minimum absolute atomic E-state index is 0.0943. The summed E-state index contributed by atoms with van der Waals surface area (Å²) in [6, 6.07) is 22.7. The van der Waals surface area contributed by atoms with E-state index in [0.717, 1.165) is 79.2 Å². The zero-order chi connectivity index (χ0) is 30.6. The second-order valence-corrected chi connectivity index (χ2v) is 12.3. The highest BCUT2D eigenvalue weighted by molar-refractivity contribution is 9.09. The molecule has 44 heavy (non-hydrogen) atoms. The zero-order valence-electron chi connectivity index (χ0n) is 24.8. The van der Waals surface area contributed by atoms with Crippen LogP contribution in [0.1, 0.15) is 72.9 Å². The lowest BCUT2D eigenvalue weighted by atomic mass is 9.96. The van der Waals surface area contributed by atoms with E-state index in [0.29, 0.717) is 42.0 Å². The quantitative estimate of drug-likeness (QED) is 0.0858. The largest absolute Gasteiger partial charge is 0.308 e. The van der Waals surface area contributed by atoms with Gasteiger partial charge in [0.1, 0.15) is 0 Å². The molecule has 0 radical (unpaired) electrons. The molecule has 6 rings (SSSR count). The molecule has 0 aliphatic carbocycles. The molecule has 0 fully saturated rings. The molecular weight excluding hydrogens is 618 g/mol. The number of hydrogen-bond donors (Lipinski definition) is 0. The van der Waals surface area contributed by atoms with E-state index in [4.69, 9.17) is 0 Å². The monoisotopic (exact) mass is 653 g/mol. The number of unbranched alkanes of at least 4 members (excludes halogenated alkanes) is 6. The predicted octanol–water partition coefficient (Wildman–Crippen LogP) is 7.04. The molecule has 7 nitrogen and oxygen atoms in total. The second-order valence-electron chi connectivity index (χ2n) is 11.5. The van der Waals surface area contributed by atoms with Gasteiger partial charge in [-0.1, -0.05) is 90.1 Å². The van der Waals surface area contributed by atoms with E-state index >= 15 is 0 Å². The van der Waals surface area contributed by atoms with Crippen LogP contribution < -0.4 is 14.7 Å². The number of nitrogens with zero attached hydrogens (tertiary/aromatic N) is 3. The minimum atomic E-state index is -0.456. The van der Waals surface area contributed by atoms with E-state index in [1.165, 1.54) is 0 Å². The van der Waals surface area contributed by atoms with Crippen LogP contribution >= 0.6 is 15.9 Å². The normalized spacial score (nSPS) is 17.2. The first-order valence-corrected chi connectivity index (χ1v) is 16.7. The lowest BCUT2D eigenvalue weighted by Gasteiger charge is -2.18. The predicted molar refractivity (Wildman–Crippen MR) is 178 cm³/mol. The van der Waals surface area contributed by atoms with E-state index in [9.17, 15) is 19.2 Å². The smallest absolute Gasteiger partial charge is 0.299 e. The molecule has 3 amide bonds. The molecule has 3 aliphatic heterocycles. The number of alkyl halides is 1. The molecule has 0 N–H and O–H groups in total. The Balaban J connectivity index is 1.12. The van der Waals surface area contributed by atoms with Crippen LogP contribution in [0.2, 0.25) is 0 Å². The number of benzene rings is 3. The van der Waals surface area contributed by atoms with E-state index < -0.39 is 11.7 Å². The van der Waals surface area contributed by atoms with Gasteiger partial charge in [-0.2, -0.15) is 0 Å². The Hall–Kier alpha value is -4.04. The molecule has 0 spiro atoms. The summed E-state index contributed by atoms with van der Waals surface area (Å²) < 4.78 is 0. The molecule has 3 heterocycles. The standard InChI is InChI=1S/C36H36BrN3O4/c37-21-11-1-2-12-22-38-28-18-8-5-15-25(28)31(34(38)42)32-26-16-6-9-19-29(26)39(35(32)43)23-13-3-4-14-24-40-30-20-10-7-17-27(30)33(41)36(40)44/h5-10,15-20H,1-4,11-14,21-24H2/b32-31-. The van der Waals surface area contributed by atoms with Crippen LogP contribution in [-0.4, -0.2) is 48.5 Å². The average Bonchev–Trinajstić information content (AvgIpc) is 3.58. The lowest BCUT2D eigenvalue weighted by molar-refractivity contribution is -0.114. The van der Waals surface area contributed by atoms with Gasteiger partial charge in [-0.15, -0.1) is 0 Å². The van der Waals surface area contributed by atoms with Gasteiger partial charge in [0.25, 0.3) is 23.5 Å². The molecule has 3 aromatic carbocycles. The van der Waals surface area contributed by atoms with Crippen molar-refractivity contribution in [3.8, 4) is 0 Å². The number of amides is 3. The van der Waals surface area contributed by atoms with Crippen LogP contribution in [0.3, 0.4) is 0 Å². The number of anilines is 3. The number of para-hydroxylation sites is 3. The zero-order valence-corrected chi connectivity index (χ0v) is 26.4. The number of hydrogen-bond acceptors (Lipinski definition) is 4. The summed E-state index contributed by atoms with van der Waals surface area (Å²) in [6.07, 6.45) is 7.51. The van der Waals surface area contributed by atoms with Gasteiger partial charge in [0.05, 0.1) is 33.8 Å². The highest BCUT2D eigenvalue weighted by Crippen LogP contribution is 2.46. The number of fused-ring (bicyclic) bond motifs is 3. The number of rotatable bonds is 13. The van der Waals surface area contributed by atoms with Crippen LogP contribution in [0.15, 0.2) is 72.8 Å². The maximum Gasteiger partial charge on any atom is 0.299 e. The number of Topliss-reactive ketones (excluding diaryl/α,β-unsaturated/α-hetero) is 1. The van der Waals surface area contributed by atoms with Crippen molar-refractivity contribution in [2.45, 2.75) is 51.4 Å². The molecule has 3 aliphatic rings. The molecule has 3 aromatic rings. The molecule has 0 bridgehead atoms. The summed E-state index contributed by atoms with van der Waals surface area (Å²) in [6.45, 7) is 1.68.